The third-order valence-corrected chi connectivity index (χ3v) is 5.66. The van der Waals surface area contributed by atoms with Crippen LogP contribution in [0.25, 0.3) is 5.69 Å². The highest BCUT2D eigenvalue weighted by Crippen LogP contribution is 2.35. The highest BCUT2D eigenvalue weighted by Gasteiger charge is 2.35. The van der Waals surface area contributed by atoms with Crippen LogP contribution in [0.3, 0.4) is 0 Å². The maximum Gasteiger partial charge on any atom is 0.268 e. The number of nitrogens with zero attached hydrogens (tertiary/aromatic N) is 2. The summed E-state index contributed by atoms with van der Waals surface area (Å²) in [6, 6.07) is 11.2. The number of pyridine rings is 2. The zero-order chi connectivity index (χ0) is 22.3. The minimum absolute atomic E-state index is 0.104. The lowest BCUT2D eigenvalue weighted by molar-refractivity contribution is 0.0909. The van der Waals surface area contributed by atoms with Crippen LogP contribution >= 0.6 is 23.2 Å². The topological polar surface area (TPSA) is 81.1 Å². The first-order chi connectivity index (χ1) is 14.6. The molecule has 2 heterocycles. The van der Waals surface area contributed by atoms with Gasteiger partial charge in [-0.1, -0.05) is 37.0 Å². The number of aromatic nitrogens is 2. The van der Waals surface area contributed by atoms with Crippen molar-refractivity contribution in [3.05, 3.63) is 85.9 Å². The van der Waals surface area contributed by atoms with Crippen LogP contribution in [0.1, 0.15) is 46.7 Å². The van der Waals surface area contributed by atoms with E-state index >= 15 is 0 Å². The minimum atomic E-state index is -0.650. The molecular weight excluding hydrogens is 437 g/mol. The maximum absolute atomic E-state index is 13.4. The van der Waals surface area contributed by atoms with Crippen LogP contribution in [-0.2, 0) is 6.42 Å². The first-order valence-electron chi connectivity index (χ1n) is 9.66. The molecule has 2 aromatic heterocycles. The van der Waals surface area contributed by atoms with Crippen molar-refractivity contribution in [1.82, 2.24) is 9.55 Å². The number of halogens is 2. The summed E-state index contributed by atoms with van der Waals surface area (Å²) in [4.78, 5) is 43.3. The zero-order valence-electron chi connectivity index (χ0n) is 16.9. The van der Waals surface area contributed by atoms with Crippen LogP contribution in [0.5, 0.6) is 0 Å². The molecule has 1 aromatic carbocycles. The second-order valence-corrected chi connectivity index (χ2v) is 9.16. The first-order valence-corrected chi connectivity index (χ1v) is 10.4. The molecule has 158 valence electrons. The van der Waals surface area contributed by atoms with Gasteiger partial charge in [-0.15, -0.1) is 0 Å². The Bertz CT molecular complexity index is 1250. The molecule has 8 heteroatoms. The molecule has 1 aliphatic rings. The number of amides is 1. The van der Waals surface area contributed by atoms with E-state index in [0.29, 0.717) is 39.8 Å². The molecule has 0 saturated carbocycles. The molecular formula is C23H19Cl2N3O3. The van der Waals surface area contributed by atoms with Gasteiger partial charge in [-0.3, -0.25) is 19.0 Å². The van der Waals surface area contributed by atoms with Crippen molar-refractivity contribution in [2.75, 3.05) is 5.32 Å². The van der Waals surface area contributed by atoms with Gasteiger partial charge in [0.05, 0.1) is 5.02 Å². The van der Waals surface area contributed by atoms with Gasteiger partial charge in [0.1, 0.15) is 11.4 Å². The molecule has 3 aromatic rings. The Hall–Kier alpha value is -2.96. The number of nitrogens with one attached hydrogen (secondary N) is 1. The van der Waals surface area contributed by atoms with Gasteiger partial charge in [-0.2, -0.15) is 0 Å². The third-order valence-electron chi connectivity index (χ3n) is 5.19. The molecule has 0 atom stereocenters. The third kappa shape index (κ3) is 4.27. The Morgan fingerprint density at radius 3 is 2.35 bits per heavy atom. The molecule has 0 unspecified atom stereocenters. The number of carbonyl (C=O) groups excluding carboxylic acids is 2. The lowest BCUT2D eigenvalue weighted by Gasteiger charge is -2.32. The van der Waals surface area contributed by atoms with Crippen molar-refractivity contribution < 1.29 is 9.59 Å². The van der Waals surface area contributed by atoms with E-state index in [1.54, 1.807) is 30.3 Å². The molecule has 0 spiro atoms. The molecule has 1 aliphatic carbocycles. The van der Waals surface area contributed by atoms with Crippen LogP contribution in [0.15, 0.2) is 53.5 Å². The van der Waals surface area contributed by atoms with Crippen molar-refractivity contribution in [3.8, 4) is 5.69 Å². The van der Waals surface area contributed by atoms with Gasteiger partial charge < -0.3 is 5.32 Å². The predicted octanol–water partition coefficient (Wildman–Crippen LogP) is 4.95. The summed E-state index contributed by atoms with van der Waals surface area (Å²) in [6.45, 7) is 3.97. The summed E-state index contributed by atoms with van der Waals surface area (Å²) in [6.07, 6.45) is 2.24. The van der Waals surface area contributed by atoms with E-state index in [4.69, 9.17) is 23.2 Å². The number of rotatable bonds is 3. The van der Waals surface area contributed by atoms with Gasteiger partial charge in [0.15, 0.2) is 5.78 Å². The Labute approximate surface area is 188 Å². The zero-order valence-corrected chi connectivity index (χ0v) is 18.4. The fourth-order valence-corrected chi connectivity index (χ4v) is 4.01. The second kappa shape index (κ2) is 7.94. The number of anilines is 1. The number of benzene rings is 1. The number of carbonyl (C=O) groups is 2. The molecule has 6 nitrogen and oxygen atoms in total. The van der Waals surface area contributed by atoms with Gasteiger partial charge in [-0.25, -0.2) is 4.98 Å². The van der Waals surface area contributed by atoms with E-state index in [1.165, 1.54) is 22.9 Å². The molecule has 0 bridgehead atoms. The first kappa shape index (κ1) is 21.3. The predicted molar refractivity (Wildman–Crippen MR) is 121 cm³/mol. The molecule has 0 fully saturated rings. The van der Waals surface area contributed by atoms with E-state index in [0.717, 1.165) is 0 Å². The van der Waals surface area contributed by atoms with Crippen LogP contribution < -0.4 is 10.9 Å². The maximum atomic E-state index is 13.4. The van der Waals surface area contributed by atoms with E-state index in [1.807, 2.05) is 13.8 Å². The molecule has 4 rings (SSSR count). The Morgan fingerprint density at radius 1 is 1.03 bits per heavy atom. The molecule has 1 amide bonds. The number of Topliss-reactive ketones (excluding diaryl/α,β-unsaturated/α-hetero) is 1. The highest BCUT2D eigenvalue weighted by atomic mass is 35.5. The Kier molecular flexibility index (Phi) is 5.45. The van der Waals surface area contributed by atoms with Crippen molar-refractivity contribution in [2.24, 2.45) is 5.41 Å². The summed E-state index contributed by atoms with van der Waals surface area (Å²) in [7, 11) is 0. The number of hydrogen-bond acceptors (Lipinski definition) is 4. The van der Waals surface area contributed by atoms with Crippen LogP contribution in [0, 0.1) is 5.41 Å². The summed E-state index contributed by atoms with van der Waals surface area (Å²) in [5.41, 5.74) is 0.548. The fraction of sp³-hybridized carbons (Fsp3) is 0.217. The van der Waals surface area contributed by atoms with Crippen molar-refractivity contribution in [3.63, 3.8) is 0 Å². The molecule has 31 heavy (non-hydrogen) atoms. The summed E-state index contributed by atoms with van der Waals surface area (Å²) < 4.78 is 1.44. The molecule has 0 saturated heterocycles. The van der Waals surface area contributed by atoms with Crippen LogP contribution in [0.2, 0.25) is 10.0 Å². The largest absolute Gasteiger partial charge is 0.306 e. The Balaban J connectivity index is 1.88. The van der Waals surface area contributed by atoms with Crippen LogP contribution in [-0.4, -0.2) is 21.2 Å². The standard InChI is InChI=1S/C23H19Cl2N3O3/c1-23(2)10-18-16(19(29)11-23)9-17(21(30)27-20-8-5-14(25)12-26-20)22(31)28(18)15-6-3-13(24)4-7-15/h3-9,12H,10-11H2,1-2H3,(H,26,27,30). The highest BCUT2D eigenvalue weighted by molar-refractivity contribution is 6.30. The summed E-state index contributed by atoms with van der Waals surface area (Å²) in [5.74, 6) is -0.507. The lowest BCUT2D eigenvalue weighted by Crippen LogP contribution is -2.37. The van der Waals surface area contributed by atoms with Crippen molar-refractivity contribution in [2.45, 2.75) is 26.7 Å². The molecule has 0 radical (unpaired) electrons. The quantitative estimate of drug-likeness (QED) is 0.605. The average Bonchev–Trinajstić information content (AvgIpc) is 2.69. The number of hydrogen-bond donors (Lipinski definition) is 1. The Morgan fingerprint density at radius 2 is 1.71 bits per heavy atom. The summed E-state index contributed by atoms with van der Waals surface area (Å²) in [5, 5.41) is 3.54. The van der Waals surface area contributed by atoms with Gasteiger partial charge in [0.2, 0.25) is 0 Å². The van der Waals surface area contributed by atoms with Crippen molar-refractivity contribution in [1.29, 1.82) is 0 Å². The smallest absolute Gasteiger partial charge is 0.268 e. The van der Waals surface area contributed by atoms with Crippen LogP contribution in [0.4, 0.5) is 5.82 Å². The van der Waals surface area contributed by atoms with Gasteiger partial charge >= 0.3 is 0 Å². The molecule has 0 aliphatic heterocycles. The lowest BCUT2D eigenvalue weighted by atomic mass is 9.75. The number of ketones is 1. The minimum Gasteiger partial charge on any atom is -0.306 e. The number of fused-ring (bicyclic) bond motifs is 1. The normalized spacial score (nSPS) is 14.8. The SMILES string of the molecule is CC1(C)CC(=O)c2cc(C(=O)Nc3ccc(Cl)cn3)c(=O)n(-c3ccc(Cl)cc3)c2C1. The average molecular weight is 456 g/mol. The fourth-order valence-electron chi connectivity index (χ4n) is 3.77. The van der Waals surface area contributed by atoms with E-state index in [-0.39, 0.29) is 22.6 Å². The monoisotopic (exact) mass is 455 g/mol. The van der Waals surface area contributed by atoms with E-state index in [9.17, 15) is 14.4 Å². The van der Waals surface area contributed by atoms with Gasteiger partial charge in [-0.05, 0) is 54.3 Å². The van der Waals surface area contributed by atoms with E-state index < -0.39 is 11.5 Å². The van der Waals surface area contributed by atoms with Crippen molar-refractivity contribution >= 4 is 40.7 Å². The summed E-state index contributed by atoms with van der Waals surface area (Å²) >= 11 is 11.8. The second-order valence-electron chi connectivity index (χ2n) is 8.29. The van der Waals surface area contributed by atoms with Gasteiger partial charge in [0, 0.05) is 34.6 Å². The molecule has 1 N–H and O–H groups in total. The van der Waals surface area contributed by atoms with E-state index in [2.05, 4.69) is 10.3 Å². The van der Waals surface area contributed by atoms with Gasteiger partial charge in [0.25, 0.3) is 11.5 Å².